The number of nitrogens with zero attached hydrogens (tertiary/aromatic N) is 1. The minimum absolute atomic E-state index is 0.257. The lowest BCUT2D eigenvalue weighted by Gasteiger charge is -2.22. The van der Waals surface area contributed by atoms with Gasteiger partial charge in [0.15, 0.2) is 0 Å². The largest absolute Gasteiger partial charge is 0.461 e. The fraction of sp³-hybridized carbons (Fsp3) is 0.600. The molecule has 0 aromatic carbocycles. The summed E-state index contributed by atoms with van der Waals surface area (Å²) >= 11 is 0. The van der Waals surface area contributed by atoms with Gasteiger partial charge in [-0.1, -0.05) is 0 Å². The fourth-order valence-corrected chi connectivity index (χ4v) is 1.01. The second-order valence-corrected chi connectivity index (χ2v) is 4.06. The molecule has 0 fully saturated rings. The molecule has 0 amide bonds. The van der Waals surface area contributed by atoms with Crippen LogP contribution in [0.25, 0.3) is 0 Å². The van der Waals surface area contributed by atoms with Gasteiger partial charge < -0.3 is 15.2 Å². The van der Waals surface area contributed by atoms with Crippen molar-refractivity contribution < 1.29 is 14.3 Å². The number of anilines is 1. The molecule has 0 aliphatic carbocycles. The fourth-order valence-electron chi connectivity index (χ4n) is 1.01. The Balaban J connectivity index is 2.37. The summed E-state index contributed by atoms with van der Waals surface area (Å²) in [5, 5.41) is 6.12. The van der Waals surface area contributed by atoms with Gasteiger partial charge in [-0.25, -0.2) is 4.79 Å². The van der Waals surface area contributed by atoms with Crippen molar-refractivity contribution in [2.24, 2.45) is 0 Å². The zero-order chi connectivity index (χ0) is 12.2. The first-order valence-corrected chi connectivity index (χ1v) is 4.98. The molecule has 16 heavy (non-hydrogen) atoms. The Labute approximate surface area is 94.1 Å². The van der Waals surface area contributed by atoms with E-state index in [0.29, 0.717) is 13.0 Å². The average Bonchev–Trinajstić information content (AvgIpc) is 2.64. The highest BCUT2D eigenvalue weighted by molar-refractivity contribution is 5.87. The van der Waals surface area contributed by atoms with Gasteiger partial charge >= 0.3 is 5.97 Å². The molecule has 0 radical (unpaired) electrons. The van der Waals surface area contributed by atoms with Crippen molar-refractivity contribution >= 4 is 11.8 Å². The van der Waals surface area contributed by atoms with Crippen LogP contribution in [0.15, 0.2) is 6.07 Å². The predicted octanol–water partition coefficient (Wildman–Crippen LogP) is 0.964. The highest BCUT2D eigenvalue weighted by atomic mass is 16.5. The van der Waals surface area contributed by atoms with E-state index in [2.05, 4.69) is 10.2 Å². The molecular weight excluding hydrogens is 210 g/mol. The van der Waals surface area contributed by atoms with Crippen molar-refractivity contribution in [1.82, 2.24) is 10.2 Å². The molecule has 0 atom stereocenters. The Morgan fingerprint density at radius 3 is 2.81 bits per heavy atom. The van der Waals surface area contributed by atoms with Crippen LogP contribution in [0.2, 0.25) is 0 Å². The number of H-pyrrole nitrogens is 1. The summed E-state index contributed by atoms with van der Waals surface area (Å²) in [6.45, 7) is 4.14. The summed E-state index contributed by atoms with van der Waals surface area (Å²) in [5.74, 6) is -0.194. The Bertz CT molecular complexity index is 360. The number of nitrogens with one attached hydrogen (secondary N) is 1. The SMILES string of the molecule is COC(C)(C)CCOC(=O)c1cc(N)n[nH]1. The molecule has 0 aliphatic rings. The molecule has 0 spiro atoms. The van der Waals surface area contributed by atoms with E-state index in [0.717, 1.165) is 0 Å². The number of methoxy groups -OCH3 is 1. The maximum Gasteiger partial charge on any atom is 0.356 e. The van der Waals surface area contributed by atoms with Crippen LogP contribution in [0.3, 0.4) is 0 Å². The van der Waals surface area contributed by atoms with Crippen molar-refractivity contribution in [1.29, 1.82) is 0 Å². The van der Waals surface area contributed by atoms with E-state index in [9.17, 15) is 4.79 Å². The maximum absolute atomic E-state index is 11.4. The Morgan fingerprint density at radius 1 is 1.62 bits per heavy atom. The molecule has 1 heterocycles. The van der Waals surface area contributed by atoms with E-state index in [1.54, 1.807) is 7.11 Å². The van der Waals surface area contributed by atoms with Crippen LogP contribution in [0.4, 0.5) is 5.82 Å². The highest BCUT2D eigenvalue weighted by Crippen LogP contribution is 2.13. The smallest absolute Gasteiger partial charge is 0.356 e. The summed E-state index contributed by atoms with van der Waals surface area (Å²) in [7, 11) is 1.62. The number of hydrogen-bond donors (Lipinski definition) is 2. The lowest BCUT2D eigenvalue weighted by Crippen LogP contribution is -2.25. The van der Waals surface area contributed by atoms with Crippen LogP contribution in [0.1, 0.15) is 30.8 Å². The first kappa shape index (κ1) is 12.5. The number of carbonyl (C=O) groups is 1. The van der Waals surface area contributed by atoms with Crippen LogP contribution < -0.4 is 5.73 Å². The number of aromatic nitrogens is 2. The summed E-state index contributed by atoms with van der Waals surface area (Å²) in [6.07, 6.45) is 0.624. The number of aromatic amines is 1. The molecule has 6 heteroatoms. The Morgan fingerprint density at radius 2 is 2.31 bits per heavy atom. The van der Waals surface area contributed by atoms with Gasteiger partial charge in [0.05, 0.1) is 12.2 Å². The molecular formula is C10H17N3O3. The predicted molar refractivity (Wildman–Crippen MR) is 59.0 cm³/mol. The van der Waals surface area contributed by atoms with Crippen molar-refractivity contribution in [2.75, 3.05) is 19.5 Å². The first-order chi connectivity index (χ1) is 7.44. The van der Waals surface area contributed by atoms with Crippen LogP contribution in [0.5, 0.6) is 0 Å². The number of carbonyl (C=O) groups excluding carboxylic acids is 1. The number of nitrogen functional groups attached to an aromatic ring is 1. The van der Waals surface area contributed by atoms with Crippen LogP contribution in [0, 0.1) is 0 Å². The van der Waals surface area contributed by atoms with Gasteiger partial charge in [0, 0.05) is 19.6 Å². The first-order valence-electron chi connectivity index (χ1n) is 4.98. The number of ether oxygens (including phenoxy) is 2. The van der Waals surface area contributed by atoms with E-state index in [-0.39, 0.29) is 17.1 Å². The summed E-state index contributed by atoms with van der Waals surface area (Å²) in [4.78, 5) is 11.4. The standard InChI is InChI=1S/C10H17N3O3/c1-10(2,15-3)4-5-16-9(14)7-6-8(11)13-12-7/h6H,4-5H2,1-3H3,(H3,11,12,13). The van der Waals surface area contributed by atoms with Crippen molar-refractivity contribution in [3.63, 3.8) is 0 Å². The van der Waals surface area contributed by atoms with Gasteiger partial charge in [0.25, 0.3) is 0 Å². The van der Waals surface area contributed by atoms with E-state index in [1.165, 1.54) is 6.07 Å². The molecule has 1 aromatic rings. The molecule has 1 aromatic heterocycles. The Hall–Kier alpha value is -1.56. The van der Waals surface area contributed by atoms with Crippen molar-refractivity contribution in [2.45, 2.75) is 25.9 Å². The highest BCUT2D eigenvalue weighted by Gasteiger charge is 2.17. The van der Waals surface area contributed by atoms with Gasteiger partial charge in [-0.3, -0.25) is 5.10 Å². The number of hydrogen-bond acceptors (Lipinski definition) is 5. The monoisotopic (exact) mass is 227 g/mol. The van der Waals surface area contributed by atoms with Crippen LogP contribution >= 0.6 is 0 Å². The molecule has 0 unspecified atom stereocenters. The normalized spacial score (nSPS) is 11.4. The summed E-state index contributed by atoms with van der Waals surface area (Å²) < 4.78 is 10.2. The van der Waals surface area contributed by atoms with Crippen LogP contribution in [-0.4, -0.2) is 35.5 Å². The lowest BCUT2D eigenvalue weighted by molar-refractivity contribution is -0.00580. The van der Waals surface area contributed by atoms with Gasteiger partial charge in [-0.15, -0.1) is 0 Å². The topological polar surface area (TPSA) is 90.2 Å². The van der Waals surface area contributed by atoms with Gasteiger partial charge in [-0.05, 0) is 13.8 Å². The third kappa shape index (κ3) is 3.54. The van der Waals surface area contributed by atoms with Gasteiger partial charge in [0.1, 0.15) is 11.5 Å². The van der Waals surface area contributed by atoms with E-state index in [4.69, 9.17) is 15.2 Å². The Kier molecular flexibility index (Phi) is 3.89. The molecule has 0 saturated carbocycles. The second-order valence-electron chi connectivity index (χ2n) is 4.06. The minimum Gasteiger partial charge on any atom is -0.461 e. The number of nitrogens with two attached hydrogens (primary N) is 1. The second kappa shape index (κ2) is 4.98. The molecule has 0 aliphatic heterocycles. The molecule has 1 rings (SSSR count). The van der Waals surface area contributed by atoms with E-state index >= 15 is 0 Å². The molecule has 90 valence electrons. The van der Waals surface area contributed by atoms with Crippen molar-refractivity contribution in [3.8, 4) is 0 Å². The molecule has 0 bridgehead atoms. The van der Waals surface area contributed by atoms with Gasteiger partial charge in [0.2, 0.25) is 0 Å². The lowest BCUT2D eigenvalue weighted by atomic mass is 10.1. The number of rotatable bonds is 5. The molecule has 0 saturated heterocycles. The maximum atomic E-state index is 11.4. The average molecular weight is 227 g/mol. The van der Waals surface area contributed by atoms with E-state index < -0.39 is 5.97 Å². The third-order valence-electron chi connectivity index (χ3n) is 2.31. The summed E-state index contributed by atoms with van der Waals surface area (Å²) in [5.41, 5.74) is 5.32. The summed E-state index contributed by atoms with van der Waals surface area (Å²) in [6, 6.07) is 1.43. The minimum atomic E-state index is -0.462. The number of esters is 1. The molecule has 6 nitrogen and oxygen atoms in total. The quantitative estimate of drug-likeness (QED) is 0.731. The zero-order valence-corrected chi connectivity index (χ0v) is 9.74. The van der Waals surface area contributed by atoms with Crippen LogP contribution in [-0.2, 0) is 9.47 Å². The zero-order valence-electron chi connectivity index (χ0n) is 9.74. The molecule has 3 N–H and O–H groups in total. The van der Waals surface area contributed by atoms with Crippen molar-refractivity contribution in [3.05, 3.63) is 11.8 Å². The third-order valence-corrected chi connectivity index (χ3v) is 2.31. The van der Waals surface area contributed by atoms with E-state index in [1.807, 2.05) is 13.8 Å². The van der Waals surface area contributed by atoms with Gasteiger partial charge in [-0.2, -0.15) is 5.10 Å².